The Bertz CT molecular complexity index is 395. The molecule has 0 atom stereocenters. The summed E-state index contributed by atoms with van der Waals surface area (Å²) in [5, 5.41) is 0. The summed E-state index contributed by atoms with van der Waals surface area (Å²) in [6.07, 6.45) is 0.807. The number of hydrogen-bond donors (Lipinski definition) is 0. The smallest absolute Gasteiger partial charge is 0.334 e. The topological polar surface area (TPSA) is 26.3 Å². The molecular formula is C12H12O2S. The van der Waals surface area contributed by atoms with Crippen LogP contribution in [-0.2, 0) is 9.53 Å². The van der Waals surface area contributed by atoms with Crippen LogP contribution >= 0.6 is 11.8 Å². The van der Waals surface area contributed by atoms with Gasteiger partial charge >= 0.3 is 5.97 Å². The lowest BCUT2D eigenvalue weighted by molar-refractivity contribution is -0.136. The first-order valence-electron chi connectivity index (χ1n) is 4.82. The number of methoxy groups -OCH3 is 1. The third-order valence-electron chi connectivity index (χ3n) is 2.34. The second kappa shape index (κ2) is 4.53. The van der Waals surface area contributed by atoms with E-state index >= 15 is 0 Å². The maximum Gasteiger partial charge on any atom is 0.334 e. The number of benzene rings is 1. The maximum absolute atomic E-state index is 11.5. The molecule has 3 heteroatoms. The molecule has 1 aromatic rings. The van der Waals surface area contributed by atoms with Crippen molar-refractivity contribution in [2.45, 2.75) is 6.42 Å². The van der Waals surface area contributed by atoms with E-state index in [1.165, 1.54) is 7.11 Å². The highest BCUT2D eigenvalue weighted by atomic mass is 32.2. The minimum Gasteiger partial charge on any atom is -0.466 e. The molecule has 0 aliphatic carbocycles. The van der Waals surface area contributed by atoms with Crippen molar-refractivity contribution >= 4 is 22.6 Å². The molecule has 1 aliphatic rings. The Kier molecular flexibility index (Phi) is 3.11. The van der Waals surface area contributed by atoms with Crippen LogP contribution in [0.15, 0.2) is 35.9 Å². The summed E-state index contributed by atoms with van der Waals surface area (Å²) in [4.78, 5) is 12.6. The van der Waals surface area contributed by atoms with E-state index in [-0.39, 0.29) is 5.97 Å². The number of carbonyl (C=O) groups excluding carboxylic acids is 1. The lowest BCUT2D eigenvalue weighted by Gasteiger charge is -2.04. The zero-order valence-electron chi connectivity index (χ0n) is 8.53. The van der Waals surface area contributed by atoms with Crippen LogP contribution in [0.1, 0.15) is 12.0 Å². The van der Waals surface area contributed by atoms with Crippen LogP contribution in [0.2, 0.25) is 0 Å². The molecule has 1 aromatic carbocycles. The highest BCUT2D eigenvalue weighted by Crippen LogP contribution is 2.39. The largest absolute Gasteiger partial charge is 0.466 e. The molecule has 0 saturated carbocycles. The zero-order valence-corrected chi connectivity index (χ0v) is 9.34. The number of carbonyl (C=O) groups is 1. The highest BCUT2D eigenvalue weighted by Gasteiger charge is 2.22. The first-order chi connectivity index (χ1) is 7.33. The summed E-state index contributed by atoms with van der Waals surface area (Å²) in [6, 6.07) is 9.99. The van der Waals surface area contributed by atoms with E-state index in [9.17, 15) is 4.79 Å². The molecular weight excluding hydrogens is 208 g/mol. The summed E-state index contributed by atoms with van der Waals surface area (Å²) in [5.74, 6) is 0.771. The number of ether oxygens (including phenoxy) is 1. The average Bonchev–Trinajstić information content (AvgIpc) is 2.78. The average molecular weight is 220 g/mol. The zero-order chi connectivity index (χ0) is 10.7. The molecule has 0 unspecified atom stereocenters. The predicted octanol–water partition coefficient (Wildman–Crippen LogP) is 2.71. The fourth-order valence-electron chi connectivity index (χ4n) is 1.62. The van der Waals surface area contributed by atoms with Gasteiger partial charge in [-0.1, -0.05) is 30.3 Å². The van der Waals surface area contributed by atoms with Crippen molar-refractivity contribution in [3.8, 4) is 0 Å². The van der Waals surface area contributed by atoms with Gasteiger partial charge in [0, 0.05) is 10.7 Å². The molecule has 1 aliphatic heterocycles. The Morgan fingerprint density at radius 3 is 2.73 bits per heavy atom. The number of rotatable bonds is 2. The van der Waals surface area contributed by atoms with Crippen molar-refractivity contribution in [3.63, 3.8) is 0 Å². The normalized spacial score (nSPS) is 15.5. The number of thioether (sulfide) groups is 1. The van der Waals surface area contributed by atoms with Crippen molar-refractivity contribution in [3.05, 3.63) is 41.5 Å². The molecule has 2 rings (SSSR count). The summed E-state index contributed by atoms with van der Waals surface area (Å²) >= 11 is 1.73. The van der Waals surface area contributed by atoms with Crippen LogP contribution in [-0.4, -0.2) is 18.8 Å². The molecule has 0 N–H and O–H groups in total. The van der Waals surface area contributed by atoms with Crippen molar-refractivity contribution < 1.29 is 9.53 Å². The predicted molar refractivity (Wildman–Crippen MR) is 62.5 cm³/mol. The molecule has 0 bridgehead atoms. The Morgan fingerprint density at radius 1 is 1.33 bits per heavy atom. The molecule has 0 amide bonds. The Balaban J connectivity index is 2.38. The third kappa shape index (κ3) is 2.07. The van der Waals surface area contributed by atoms with Crippen molar-refractivity contribution in [1.29, 1.82) is 0 Å². The Morgan fingerprint density at radius 2 is 2.07 bits per heavy atom. The van der Waals surface area contributed by atoms with Gasteiger partial charge in [0.05, 0.1) is 12.7 Å². The van der Waals surface area contributed by atoms with Gasteiger partial charge in [-0.2, -0.15) is 0 Å². The van der Waals surface area contributed by atoms with Gasteiger partial charge in [-0.25, -0.2) is 4.79 Å². The molecule has 78 valence electrons. The van der Waals surface area contributed by atoms with Gasteiger partial charge < -0.3 is 4.74 Å². The van der Waals surface area contributed by atoms with E-state index < -0.39 is 0 Å². The quantitative estimate of drug-likeness (QED) is 0.717. The van der Waals surface area contributed by atoms with Crippen LogP contribution in [0.3, 0.4) is 0 Å². The molecule has 2 nitrogen and oxygen atoms in total. The number of hydrogen-bond acceptors (Lipinski definition) is 3. The van der Waals surface area contributed by atoms with Gasteiger partial charge in [-0.3, -0.25) is 0 Å². The van der Waals surface area contributed by atoms with Crippen LogP contribution in [0.4, 0.5) is 0 Å². The van der Waals surface area contributed by atoms with Crippen molar-refractivity contribution in [2.75, 3.05) is 12.9 Å². The lowest BCUT2D eigenvalue weighted by atomic mass is 10.1. The molecule has 0 aromatic heterocycles. The fourth-order valence-corrected chi connectivity index (χ4v) is 2.79. The first-order valence-corrected chi connectivity index (χ1v) is 5.81. The summed E-state index contributed by atoms with van der Waals surface area (Å²) < 4.78 is 4.78. The molecule has 0 spiro atoms. The van der Waals surface area contributed by atoms with E-state index in [1.54, 1.807) is 11.8 Å². The van der Waals surface area contributed by atoms with Crippen LogP contribution in [0, 0.1) is 0 Å². The second-order valence-corrected chi connectivity index (χ2v) is 4.37. The van der Waals surface area contributed by atoms with Gasteiger partial charge in [-0.15, -0.1) is 11.8 Å². The summed E-state index contributed by atoms with van der Waals surface area (Å²) in [7, 11) is 1.43. The maximum atomic E-state index is 11.5. The van der Waals surface area contributed by atoms with Gasteiger partial charge in [0.2, 0.25) is 0 Å². The molecule has 0 radical (unpaired) electrons. The molecule has 1 heterocycles. The monoisotopic (exact) mass is 220 g/mol. The van der Waals surface area contributed by atoms with E-state index in [4.69, 9.17) is 4.74 Å². The molecule has 15 heavy (non-hydrogen) atoms. The van der Waals surface area contributed by atoms with E-state index in [0.717, 1.165) is 28.2 Å². The van der Waals surface area contributed by atoms with Gasteiger partial charge in [0.15, 0.2) is 0 Å². The highest BCUT2D eigenvalue weighted by molar-refractivity contribution is 8.08. The first kappa shape index (κ1) is 10.3. The van der Waals surface area contributed by atoms with Gasteiger partial charge in [0.25, 0.3) is 0 Å². The van der Waals surface area contributed by atoms with E-state index in [1.807, 2.05) is 30.3 Å². The summed E-state index contributed by atoms with van der Waals surface area (Å²) in [6.45, 7) is 0. The van der Waals surface area contributed by atoms with Gasteiger partial charge in [0.1, 0.15) is 0 Å². The van der Waals surface area contributed by atoms with Crippen LogP contribution in [0.5, 0.6) is 0 Å². The fraction of sp³-hybridized carbons (Fsp3) is 0.250. The summed E-state index contributed by atoms with van der Waals surface area (Å²) in [5.41, 5.74) is 1.93. The Hall–Kier alpha value is -1.22. The minimum atomic E-state index is -0.196. The third-order valence-corrected chi connectivity index (χ3v) is 3.52. The standard InChI is InChI=1S/C12H12O2S/c1-14-12(13)10-7-8-15-11(10)9-5-3-2-4-6-9/h2-6H,7-8H2,1H3. The SMILES string of the molecule is COC(=O)C1=C(c2ccccc2)SCC1. The van der Waals surface area contributed by atoms with Crippen LogP contribution in [0.25, 0.3) is 4.91 Å². The van der Waals surface area contributed by atoms with Crippen molar-refractivity contribution in [1.82, 2.24) is 0 Å². The minimum absolute atomic E-state index is 0.196. The van der Waals surface area contributed by atoms with E-state index in [2.05, 4.69) is 0 Å². The number of esters is 1. The van der Waals surface area contributed by atoms with E-state index in [0.29, 0.717) is 0 Å². The molecule has 0 saturated heterocycles. The van der Waals surface area contributed by atoms with Gasteiger partial charge in [-0.05, 0) is 12.0 Å². The lowest BCUT2D eigenvalue weighted by Crippen LogP contribution is -2.04. The Labute approximate surface area is 93.3 Å². The second-order valence-electron chi connectivity index (χ2n) is 3.26. The van der Waals surface area contributed by atoms with Crippen molar-refractivity contribution in [2.24, 2.45) is 0 Å². The van der Waals surface area contributed by atoms with Crippen LogP contribution < -0.4 is 0 Å². The molecule has 0 fully saturated rings.